The van der Waals surface area contributed by atoms with Crippen molar-refractivity contribution in [1.29, 1.82) is 0 Å². The van der Waals surface area contributed by atoms with Gasteiger partial charge in [-0.05, 0) is 34.5 Å². The fourth-order valence-corrected chi connectivity index (χ4v) is 4.32. The van der Waals surface area contributed by atoms with Crippen molar-refractivity contribution < 1.29 is 4.74 Å². The van der Waals surface area contributed by atoms with Crippen LogP contribution in [0, 0.1) is 0 Å². The standard InChI is InChI=1S/C25H19N3O/c1-2-7-18-14-19(12-11-17(18)6-1)22-15-23-21-9-3-4-10-24(21)29-25(28(23)27-22)20-8-5-13-26-16-20/h1-14,16,23,25H,15H2/t23-,25-/m0/s1. The van der Waals surface area contributed by atoms with E-state index in [4.69, 9.17) is 9.84 Å². The molecule has 0 saturated heterocycles. The molecule has 0 N–H and O–H groups in total. The lowest BCUT2D eigenvalue weighted by atomic mass is 9.95. The summed E-state index contributed by atoms with van der Waals surface area (Å²) >= 11 is 0. The van der Waals surface area contributed by atoms with Gasteiger partial charge in [-0.2, -0.15) is 5.10 Å². The Balaban J connectivity index is 1.45. The third-order valence-corrected chi connectivity index (χ3v) is 5.75. The van der Waals surface area contributed by atoms with Crippen LogP contribution in [0.2, 0.25) is 0 Å². The zero-order valence-electron chi connectivity index (χ0n) is 15.8. The van der Waals surface area contributed by atoms with Crippen LogP contribution >= 0.6 is 0 Å². The Labute approximate surface area is 169 Å². The largest absolute Gasteiger partial charge is 0.464 e. The molecule has 0 amide bonds. The van der Waals surface area contributed by atoms with Gasteiger partial charge in [0.25, 0.3) is 0 Å². The molecule has 0 unspecified atom stereocenters. The molecule has 29 heavy (non-hydrogen) atoms. The van der Waals surface area contributed by atoms with E-state index in [0.717, 1.165) is 23.4 Å². The number of nitrogens with zero attached hydrogens (tertiary/aromatic N) is 3. The fourth-order valence-electron chi connectivity index (χ4n) is 4.32. The minimum absolute atomic E-state index is 0.159. The first-order chi connectivity index (χ1) is 14.4. The molecule has 3 aromatic carbocycles. The molecule has 0 aliphatic carbocycles. The summed E-state index contributed by atoms with van der Waals surface area (Å²) in [4.78, 5) is 4.29. The maximum absolute atomic E-state index is 6.37. The number of hydrogen-bond acceptors (Lipinski definition) is 4. The van der Waals surface area contributed by atoms with Gasteiger partial charge in [0.15, 0.2) is 0 Å². The summed E-state index contributed by atoms with van der Waals surface area (Å²) in [5.41, 5.74) is 4.46. The predicted octanol–water partition coefficient (Wildman–Crippen LogP) is 5.48. The number of benzene rings is 3. The van der Waals surface area contributed by atoms with Gasteiger partial charge in [0.05, 0.1) is 11.8 Å². The van der Waals surface area contributed by atoms with E-state index in [1.807, 2.05) is 30.5 Å². The molecule has 0 fully saturated rings. The second-order valence-electron chi connectivity index (χ2n) is 7.50. The zero-order valence-corrected chi connectivity index (χ0v) is 15.8. The van der Waals surface area contributed by atoms with Crippen molar-refractivity contribution in [3.63, 3.8) is 0 Å². The topological polar surface area (TPSA) is 37.7 Å². The molecule has 0 bridgehead atoms. The molecule has 2 aliphatic rings. The Bertz CT molecular complexity index is 1240. The van der Waals surface area contributed by atoms with Crippen LogP contribution in [0.4, 0.5) is 0 Å². The van der Waals surface area contributed by atoms with E-state index in [-0.39, 0.29) is 12.3 Å². The van der Waals surface area contributed by atoms with Crippen LogP contribution in [0.25, 0.3) is 10.8 Å². The summed E-state index contributed by atoms with van der Waals surface area (Å²) in [5, 5.41) is 9.62. The molecule has 3 heterocycles. The van der Waals surface area contributed by atoms with E-state index in [9.17, 15) is 0 Å². The van der Waals surface area contributed by atoms with E-state index in [2.05, 4.69) is 64.6 Å². The van der Waals surface area contributed by atoms with Gasteiger partial charge in [-0.15, -0.1) is 0 Å². The first kappa shape index (κ1) is 16.3. The summed E-state index contributed by atoms with van der Waals surface area (Å²) in [5.74, 6) is 0.928. The first-order valence-electron chi connectivity index (χ1n) is 9.87. The molecular weight excluding hydrogens is 358 g/mol. The Hall–Kier alpha value is -3.66. The predicted molar refractivity (Wildman–Crippen MR) is 114 cm³/mol. The number of para-hydroxylation sites is 1. The minimum Gasteiger partial charge on any atom is -0.464 e. The van der Waals surface area contributed by atoms with Gasteiger partial charge in [-0.25, -0.2) is 5.01 Å². The molecule has 2 aliphatic heterocycles. The van der Waals surface area contributed by atoms with Crippen LogP contribution < -0.4 is 4.74 Å². The SMILES string of the molecule is c1cncc([C@@H]2Oc3ccccc3[C@@H]3CC(c4ccc5ccccc5c4)=NN32)c1. The van der Waals surface area contributed by atoms with Gasteiger partial charge in [-0.1, -0.05) is 60.7 Å². The van der Waals surface area contributed by atoms with Crippen LogP contribution in [0.5, 0.6) is 5.75 Å². The fraction of sp³-hybridized carbons (Fsp3) is 0.120. The van der Waals surface area contributed by atoms with Crippen molar-refractivity contribution in [3.05, 3.63) is 108 Å². The van der Waals surface area contributed by atoms with Gasteiger partial charge in [0.1, 0.15) is 5.75 Å². The minimum atomic E-state index is -0.276. The van der Waals surface area contributed by atoms with Gasteiger partial charge < -0.3 is 4.74 Å². The van der Waals surface area contributed by atoms with E-state index >= 15 is 0 Å². The summed E-state index contributed by atoms with van der Waals surface area (Å²) in [6, 6.07) is 27.5. The number of pyridine rings is 1. The third kappa shape index (κ3) is 2.68. The molecule has 4 heteroatoms. The third-order valence-electron chi connectivity index (χ3n) is 5.75. The number of hydrazone groups is 1. The van der Waals surface area contributed by atoms with Crippen molar-refractivity contribution in [2.75, 3.05) is 0 Å². The Morgan fingerprint density at radius 1 is 0.862 bits per heavy atom. The number of rotatable bonds is 2. The highest BCUT2D eigenvalue weighted by atomic mass is 16.5. The van der Waals surface area contributed by atoms with Crippen LogP contribution in [0.1, 0.15) is 35.4 Å². The smallest absolute Gasteiger partial charge is 0.215 e. The molecule has 0 radical (unpaired) electrons. The lowest BCUT2D eigenvalue weighted by Gasteiger charge is -2.38. The lowest BCUT2D eigenvalue weighted by molar-refractivity contribution is -0.0192. The van der Waals surface area contributed by atoms with Crippen molar-refractivity contribution in [2.24, 2.45) is 5.10 Å². The van der Waals surface area contributed by atoms with Crippen LogP contribution in [0.15, 0.2) is 96.4 Å². The number of aromatic nitrogens is 1. The van der Waals surface area contributed by atoms with Crippen LogP contribution in [0.3, 0.4) is 0 Å². The van der Waals surface area contributed by atoms with Crippen molar-refractivity contribution in [1.82, 2.24) is 9.99 Å². The van der Waals surface area contributed by atoms with Gasteiger partial charge >= 0.3 is 0 Å². The highest BCUT2D eigenvalue weighted by Crippen LogP contribution is 2.47. The van der Waals surface area contributed by atoms with Crippen LogP contribution in [-0.2, 0) is 0 Å². The molecule has 2 atom stereocenters. The molecule has 0 saturated carbocycles. The molecule has 4 aromatic rings. The summed E-state index contributed by atoms with van der Waals surface area (Å²) in [6.07, 6.45) is 4.22. The highest BCUT2D eigenvalue weighted by Gasteiger charge is 2.40. The number of hydrogen-bond donors (Lipinski definition) is 0. The van der Waals surface area contributed by atoms with Crippen molar-refractivity contribution in [2.45, 2.75) is 18.7 Å². The molecule has 4 nitrogen and oxygen atoms in total. The number of ether oxygens (including phenoxy) is 1. The first-order valence-corrected chi connectivity index (χ1v) is 9.87. The molecule has 1 aromatic heterocycles. The van der Waals surface area contributed by atoms with Gasteiger partial charge in [0, 0.05) is 29.9 Å². The summed E-state index contributed by atoms with van der Waals surface area (Å²) in [6.45, 7) is 0. The Kier molecular flexibility index (Phi) is 3.63. The second-order valence-corrected chi connectivity index (χ2v) is 7.50. The van der Waals surface area contributed by atoms with Gasteiger partial charge in [0.2, 0.25) is 6.23 Å². The quantitative estimate of drug-likeness (QED) is 0.464. The molecule has 6 rings (SSSR count). The molecule has 0 spiro atoms. The normalized spacial score (nSPS) is 20.0. The van der Waals surface area contributed by atoms with E-state index in [0.29, 0.717) is 0 Å². The lowest BCUT2D eigenvalue weighted by Crippen LogP contribution is -2.33. The second kappa shape index (κ2) is 6.45. The Morgan fingerprint density at radius 2 is 1.72 bits per heavy atom. The van der Waals surface area contributed by atoms with E-state index < -0.39 is 0 Å². The van der Waals surface area contributed by atoms with E-state index in [1.165, 1.54) is 21.9 Å². The maximum Gasteiger partial charge on any atom is 0.215 e. The highest BCUT2D eigenvalue weighted by molar-refractivity contribution is 6.04. The van der Waals surface area contributed by atoms with Crippen LogP contribution in [-0.4, -0.2) is 15.7 Å². The average Bonchev–Trinajstić information content (AvgIpc) is 3.25. The summed E-state index contributed by atoms with van der Waals surface area (Å²) < 4.78 is 6.37. The number of fused-ring (bicyclic) bond motifs is 4. The zero-order chi connectivity index (χ0) is 19.2. The van der Waals surface area contributed by atoms with Crippen molar-refractivity contribution in [3.8, 4) is 5.75 Å². The average molecular weight is 377 g/mol. The summed E-state index contributed by atoms with van der Waals surface area (Å²) in [7, 11) is 0. The van der Waals surface area contributed by atoms with E-state index in [1.54, 1.807) is 6.20 Å². The Morgan fingerprint density at radius 3 is 2.62 bits per heavy atom. The monoisotopic (exact) mass is 377 g/mol. The molecule has 140 valence electrons. The van der Waals surface area contributed by atoms with Crippen molar-refractivity contribution >= 4 is 16.5 Å². The maximum atomic E-state index is 6.37. The molecular formula is C25H19N3O. The van der Waals surface area contributed by atoms with Gasteiger partial charge in [-0.3, -0.25) is 4.98 Å².